The molecule has 3 heterocycles. The molecular weight excluding hydrogens is 457 g/mol. The molecule has 2 N–H and O–H groups in total. The summed E-state index contributed by atoms with van der Waals surface area (Å²) in [6, 6.07) is 6.04. The quantitative estimate of drug-likeness (QED) is 0.561. The number of nitrogens with two attached hydrogens (primary N) is 1. The van der Waals surface area contributed by atoms with E-state index in [1.165, 1.54) is 30.6 Å². The van der Waals surface area contributed by atoms with Crippen molar-refractivity contribution in [3.63, 3.8) is 0 Å². The van der Waals surface area contributed by atoms with Crippen LogP contribution in [0.15, 0.2) is 30.6 Å². The van der Waals surface area contributed by atoms with Crippen LogP contribution >= 0.6 is 11.3 Å². The first-order valence-corrected chi connectivity index (χ1v) is 10.6. The average molecular weight is 474 g/mol. The molecule has 0 amide bonds. The maximum absolute atomic E-state index is 13.8. The number of nitriles is 1. The highest BCUT2D eigenvalue weighted by Crippen LogP contribution is 2.39. The smallest absolute Gasteiger partial charge is 0.378 e. The van der Waals surface area contributed by atoms with E-state index in [4.69, 9.17) is 10.5 Å². The molecule has 1 aromatic carbocycles. The number of nitrogens with zero attached hydrogens (tertiary/aromatic N) is 5. The largest absolute Gasteiger partial charge is 0.435 e. The zero-order valence-electron chi connectivity index (χ0n) is 17.1. The number of hydrogen-bond donors (Lipinski definition) is 1. The summed E-state index contributed by atoms with van der Waals surface area (Å²) in [6.07, 6.45) is -1.89. The van der Waals surface area contributed by atoms with Crippen molar-refractivity contribution in [2.75, 3.05) is 31.2 Å². The Labute approximate surface area is 190 Å². The van der Waals surface area contributed by atoms with Crippen LogP contribution in [0.3, 0.4) is 0 Å². The number of morpholine rings is 1. The van der Waals surface area contributed by atoms with E-state index in [-0.39, 0.29) is 34.2 Å². The van der Waals surface area contributed by atoms with Crippen LogP contribution in [0.25, 0.3) is 11.4 Å². The second-order valence-corrected chi connectivity index (χ2v) is 8.07. The Morgan fingerprint density at radius 2 is 1.94 bits per heavy atom. The lowest BCUT2D eigenvalue weighted by atomic mass is 9.98. The summed E-state index contributed by atoms with van der Waals surface area (Å²) in [5.74, 6) is -0.774. The minimum atomic E-state index is -4.84. The van der Waals surface area contributed by atoms with Crippen molar-refractivity contribution in [1.29, 1.82) is 5.26 Å². The Bertz CT molecular complexity index is 1210. The third kappa shape index (κ3) is 4.70. The van der Waals surface area contributed by atoms with E-state index in [2.05, 4.69) is 15.0 Å². The number of alkyl halides is 3. The number of carbonyl (C=O) groups is 1. The lowest BCUT2D eigenvalue weighted by molar-refractivity contribution is -0.141. The van der Waals surface area contributed by atoms with Gasteiger partial charge in [0.2, 0.25) is 5.78 Å². The average Bonchev–Trinajstić information content (AvgIpc) is 3.30. The van der Waals surface area contributed by atoms with E-state index < -0.39 is 22.5 Å². The molecule has 170 valence electrons. The summed E-state index contributed by atoms with van der Waals surface area (Å²) in [7, 11) is 0. The Hall–Kier alpha value is -3.40. The Kier molecular flexibility index (Phi) is 6.37. The highest BCUT2D eigenvalue weighted by Gasteiger charge is 2.41. The highest BCUT2D eigenvalue weighted by atomic mass is 32.1. The SMILES string of the molecule is N#Cc1ccc(-c2ncc(CN)cn2)c(C(=O)c2sc(N3CCOCC3)nc2C(F)(F)F)c1. The summed E-state index contributed by atoms with van der Waals surface area (Å²) in [5, 5.41) is 9.38. The predicted molar refractivity (Wildman–Crippen MR) is 114 cm³/mol. The summed E-state index contributed by atoms with van der Waals surface area (Å²) in [5.41, 5.74) is 5.16. The number of anilines is 1. The van der Waals surface area contributed by atoms with E-state index in [0.717, 1.165) is 0 Å². The fourth-order valence-electron chi connectivity index (χ4n) is 3.26. The van der Waals surface area contributed by atoms with Crippen LogP contribution in [0, 0.1) is 11.3 Å². The normalized spacial score (nSPS) is 14.2. The Balaban J connectivity index is 1.83. The number of thiazole rings is 1. The van der Waals surface area contributed by atoms with Gasteiger partial charge in [-0.3, -0.25) is 4.79 Å². The van der Waals surface area contributed by atoms with Crippen LogP contribution in [0.1, 0.15) is 32.1 Å². The molecule has 0 saturated carbocycles. The van der Waals surface area contributed by atoms with Gasteiger partial charge in [0.1, 0.15) is 4.88 Å². The van der Waals surface area contributed by atoms with Gasteiger partial charge < -0.3 is 15.4 Å². The van der Waals surface area contributed by atoms with E-state index in [1.54, 1.807) is 4.90 Å². The van der Waals surface area contributed by atoms with Gasteiger partial charge >= 0.3 is 6.18 Å². The van der Waals surface area contributed by atoms with E-state index in [1.807, 2.05) is 6.07 Å². The second-order valence-electron chi connectivity index (χ2n) is 7.09. The molecule has 1 fully saturated rings. The van der Waals surface area contributed by atoms with Crippen molar-refractivity contribution >= 4 is 22.3 Å². The lowest BCUT2D eigenvalue weighted by Crippen LogP contribution is -2.36. The number of hydrogen-bond acceptors (Lipinski definition) is 9. The summed E-state index contributed by atoms with van der Waals surface area (Å²) < 4.78 is 46.7. The lowest BCUT2D eigenvalue weighted by Gasteiger charge is -2.26. The number of aromatic nitrogens is 3. The van der Waals surface area contributed by atoms with E-state index in [9.17, 15) is 23.2 Å². The molecule has 0 aliphatic carbocycles. The number of benzene rings is 1. The van der Waals surface area contributed by atoms with Crippen LogP contribution in [0.2, 0.25) is 0 Å². The van der Waals surface area contributed by atoms with Gasteiger partial charge in [0.25, 0.3) is 0 Å². The molecule has 3 aromatic rings. The van der Waals surface area contributed by atoms with Gasteiger partial charge in [-0.15, -0.1) is 0 Å². The monoisotopic (exact) mass is 474 g/mol. The van der Waals surface area contributed by atoms with Gasteiger partial charge in [0.15, 0.2) is 16.6 Å². The minimum Gasteiger partial charge on any atom is -0.378 e. The zero-order chi connectivity index (χ0) is 23.6. The van der Waals surface area contributed by atoms with Crippen molar-refractivity contribution in [2.24, 2.45) is 5.73 Å². The molecular formula is C21H17F3N6O2S. The first-order valence-electron chi connectivity index (χ1n) is 9.82. The number of ketones is 1. The first-order chi connectivity index (χ1) is 15.8. The molecule has 0 bridgehead atoms. The number of carbonyl (C=O) groups excluding carboxylic acids is 1. The van der Waals surface area contributed by atoms with Gasteiger partial charge in [0.05, 0.1) is 24.8 Å². The molecule has 0 unspecified atom stereocenters. The molecule has 0 spiro atoms. The number of ether oxygens (including phenoxy) is 1. The van der Waals surface area contributed by atoms with Crippen molar-refractivity contribution < 1.29 is 22.7 Å². The van der Waals surface area contributed by atoms with Gasteiger partial charge in [-0.25, -0.2) is 15.0 Å². The molecule has 1 saturated heterocycles. The number of rotatable bonds is 5. The van der Waals surface area contributed by atoms with Crippen molar-refractivity contribution in [2.45, 2.75) is 12.7 Å². The van der Waals surface area contributed by atoms with Gasteiger partial charge in [-0.1, -0.05) is 11.3 Å². The third-order valence-corrected chi connectivity index (χ3v) is 6.06. The molecule has 1 aliphatic rings. The third-order valence-electron chi connectivity index (χ3n) is 4.95. The number of halogens is 3. The molecule has 2 aromatic heterocycles. The zero-order valence-corrected chi connectivity index (χ0v) is 17.9. The van der Waals surface area contributed by atoms with Crippen LogP contribution < -0.4 is 10.6 Å². The van der Waals surface area contributed by atoms with Crippen LogP contribution in [-0.2, 0) is 17.5 Å². The van der Waals surface area contributed by atoms with Crippen LogP contribution in [-0.4, -0.2) is 47.0 Å². The van der Waals surface area contributed by atoms with Crippen LogP contribution in [0.5, 0.6) is 0 Å². The van der Waals surface area contributed by atoms with Crippen molar-refractivity contribution in [3.8, 4) is 17.5 Å². The van der Waals surface area contributed by atoms with Crippen LogP contribution in [0.4, 0.5) is 18.3 Å². The van der Waals surface area contributed by atoms with Gasteiger partial charge in [0, 0.05) is 48.7 Å². The molecule has 8 nitrogen and oxygen atoms in total. The van der Waals surface area contributed by atoms with E-state index >= 15 is 0 Å². The summed E-state index contributed by atoms with van der Waals surface area (Å²) in [6.45, 7) is 1.66. The maximum Gasteiger partial charge on any atom is 0.435 e. The summed E-state index contributed by atoms with van der Waals surface area (Å²) >= 11 is 0.669. The Morgan fingerprint density at radius 1 is 1.24 bits per heavy atom. The van der Waals surface area contributed by atoms with E-state index in [0.29, 0.717) is 43.2 Å². The molecule has 33 heavy (non-hydrogen) atoms. The fraction of sp³-hybridized carbons (Fsp3) is 0.286. The highest BCUT2D eigenvalue weighted by molar-refractivity contribution is 7.17. The van der Waals surface area contributed by atoms with Gasteiger partial charge in [-0.05, 0) is 18.2 Å². The predicted octanol–water partition coefficient (Wildman–Crippen LogP) is 3.02. The maximum atomic E-state index is 13.8. The molecule has 4 rings (SSSR count). The van der Waals surface area contributed by atoms with Crippen molar-refractivity contribution in [3.05, 3.63) is 57.9 Å². The molecule has 12 heteroatoms. The molecule has 1 aliphatic heterocycles. The molecule has 0 atom stereocenters. The standard InChI is InChI=1S/C21H17F3N6O2S/c22-21(23,24)18-17(33-20(29-18)30-3-5-32-6-4-30)16(31)15-7-12(8-25)1-2-14(15)19-27-10-13(9-26)11-28-19/h1-2,7,10-11H,3-6,9,26H2. The molecule has 0 radical (unpaired) electrons. The van der Waals surface area contributed by atoms with Gasteiger partial charge in [-0.2, -0.15) is 18.4 Å². The minimum absolute atomic E-state index is 0.0931. The van der Waals surface area contributed by atoms with Crippen molar-refractivity contribution in [1.82, 2.24) is 15.0 Å². The summed E-state index contributed by atoms with van der Waals surface area (Å²) in [4.78, 5) is 26.6. The topological polar surface area (TPSA) is 118 Å². The fourth-order valence-corrected chi connectivity index (χ4v) is 4.35. The second kappa shape index (κ2) is 9.22. The Morgan fingerprint density at radius 3 is 2.55 bits per heavy atom. The first kappa shape index (κ1) is 22.8.